The number of likely N-dealkylation sites (tertiary alicyclic amines) is 1. The van der Waals surface area contributed by atoms with Gasteiger partial charge in [-0.1, -0.05) is 38.1 Å². The second-order valence-corrected chi connectivity index (χ2v) is 9.05. The Morgan fingerprint density at radius 2 is 1.62 bits per heavy atom. The predicted molar refractivity (Wildman–Crippen MR) is 125 cm³/mol. The van der Waals surface area contributed by atoms with E-state index in [1.54, 1.807) is 24.3 Å². The Morgan fingerprint density at radius 1 is 0.969 bits per heavy atom. The second-order valence-electron chi connectivity index (χ2n) is 9.05. The van der Waals surface area contributed by atoms with Gasteiger partial charge in [0.15, 0.2) is 0 Å². The van der Waals surface area contributed by atoms with Crippen LogP contribution in [0.25, 0.3) is 0 Å². The first kappa shape index (κ1) is 22.2. The van der Waals surface area contributed by atoms with E-state index in [4.69, 9.17) is 0 Å². The van der Waals surface area contributed by atoms with Crippen LogP contribution in [0.5, 0.6) is 0 Å². The standard InChI is InChI=1S/C26H31N3O3/c1-18(2)24(30)27-21-8-5-7-20(17-21)19-11-15-28(16-12-19)13-6-14-29-25(31)22-9-3-4-10-23(22)26(29)32/h3-5,7-10,17-19H,6,11-16H2,1-2H3,(H,27,30). The van der Waals surface area contributed by atoms with E-state index in [0.717, 1.165) is 44.6 Å². The van der Waals surface area contributed by atoms with Crippen molar-refractivity contribution < 1.29 is 14.4 Å². The van der Waals surface area contributed by atoms with Gasteiger partial charge in [0.05, 0.1) is 11.1 Å². The highest BCUT2D eigenvalue weighted by Crippen LogP contribution is 2.30. The molecule has 1 N–H and O–H groups in total. The van der Waals surface area contributed by atoms with Gasteiger partial charge in [0.25, 0.3) is 11.8 Å². The summed E-state index contributed by atoms with van der Waals surface area (Å²) in [4.78, 5) is 40.8. The largest absolute Gasteiger partial charge is 0.326 e. The van der Waals surface area contributed by atoms with Crippen LogP contribution in [-0.4, -0.2) is 53.7 Å². The van der Waals surface area contributed by atoms with Crippen LogP contribution < -0.4 is 5.32 Å². The third-order valence-electron chi connectivity index (χ3n) is 6.47. The van der Waals surface area contributed by atoms with E-state index in [1.807, 2.05) is 26.0 Å². The van der Waals surface area contributed by atoms with Gasteiger partial charge in [0, 0.05) is 18.2 Å². The van der Waals surface area contributed by atoms with E-state index in [1.165, 1.54) is 10.5 Å². The summed E-state index contributed by atoms with van der Waals surface area (Å²) >= 11 is 0. The molecular formula is C26H31N3O3. The van der Waals surface area contributed by atoms with Crippen molar-refractivity contribution in [3.63, 3.8) is 0 Å². The molecule has 2 aromatic carbocycles. The minimum Gasteiger partial charge on any atom is -0.326 e. The van der Waals surface area contributed by atoms with Gasteiger partial charge in [0.1, 0.15) is 0 Å². The lowest BCUT2D eigenvalue weighted by molar-refractivity contribution is -0.118. The number of carbonyl (C=O) groups excluding carboxylic acids is 3. The lowest BCUT2D eigenvalue weighted by atomic mass is 9.89. The number of hydrogen-bond donors (Lipinski definition) is 1. The molecule has 32 heavy (non-hydrogen) atoms. The molecule has 0 bridgehead atoms. The maximum Gasteiger partial charge on any atom is 0.261 e. The first-order valence-corrected chi connectivity index (χ1v) is 11.5. The number of benzene rings is 2. The van der Waals surface area contributed by atoms with Crippen LogP contribution in [0.4, 0.5) is 5.69 Å². The summed E-state index contributed by atoms with van der Waals surface area (Å²) in [6, 6.07) is 15.2. The highest BCUT2D eigenvalue weighted by Gasteiger charge is 2.34. The Labute approximate surface area is 189 Å². The maximum absolute atomic E-state index is 12.5. The fourth-order valence-corrected chi connectivity index (χ4v) is 4.54. The third kappa shape index (κ3) is 4.75. The number of fused-ring (bicyclic) bond motifs is 1. The van der Waals surface area contributed by atoms with Crippen molar-refractivity contribution in [3.8, 4) is 0 Å². The van der Waals surface area contributed by atoms with Gasteiger partial charge in [-0.15, -0.1) is 0 Å². The Balaban J connectivity index is 1.24. The van der Waals surface area contributed by atoms with Crippen molar-refractivity contribution >= 4 is 23.4 Å². The van der Waals surface area contributed by atoms with E-state index >= 15 is 0 Å². The average Bonchev–Trinajstić information content (AvgIpc) is 3.05. The third-order valence-corrected chi connectivity index (χ3v) is 6.47. The van der Waals surface area contributed by atoms with Crippen LogP contribution in [-0.2, 0) is 4.79 Å². The molecule has 0 spiro atoms. The zero-order valence-corrected chi connectivity index (χ0v) is 18.8. The Morgan fingerprint density at radius 3 is 2.25 bits per heavy atom. The minimum atomic E-state index is -0.172. The molecule has 2 aromatic rings. The molecule has 0 saturated carbocycles. The van der Waals surface area contributed by atoms with Crippen LogP contribution >= 0.6 is 0 Å². The highest BCUT2D eigenvalue weighted by molar-refractivity contribution is 6.21. The number of piperidine rings is 1. The first-order chi connectivity index (χ1) is 15.4. The number of amides is 3. The van der Waals surface area contributed by atoms with Gasteiger partial charge >= 0.3 is 0 Å². The van der Waals surface area contributed by atoms with Crippen LogP contribution in [0, 0.1) is 5.92 Å². The summed E-state index contributed by atoms with van der Waals surface area (Å²) < 4.78 is 0. The van der Waals surface area contributed by atoms with Gasteiger partial charge in [0.2, 0.25) is 5.91 Å². The summed E-state index contributed by atoms with van der Waals surface area (Å²) in [5, 5.41) is 2.99. The zero-order chi connectivity index (χ0) is 22.7. The number of nitrogens with zero attached hydrogens (tertiary/aromatic N) is 2. The quantitative estimate of drug-likeness (QED) is 0.666. The lowest BCUT2D eigenvalue weighted by Crippen LogP contribution is -2.37. The van der Waals surface area contributed by atoms with Crippen molar-refractivity contribution in [2.45, 2.75) is 39.0 Å². The topological polar surface area (TPSA) is 69.7 Å². The summed E-state index contributed by atoms with van der Waals surface area (Å²) in [6.45, 7) is 7.12. The Bertz CT molecular complexity index is 974. The van der Waals surface area contributed by atoms with E-state index in [-0.39, 0.29) is 23.6 Å². The van der Waals surface area contributed by atoms with Gasteiger partial charge in [-0.3, -0.25) is 19.3 Å². The van der Waals surface area contributed by atoms with E-state index < -0.39 is 0 Å². The fraction of sp³-hybridized carbons (Fsp3) is 0.423. The molecule has 0 aromatic heterocycles. The molecule has 3 amide bonds. The molecule has 168 valence electrons. The molecule has 2 aliphatic rings. The molecule has 0 radical (unpaired) electrons. The minimum absolute atomic E-state index is 0.0371. The van der Waals surface area contributed by atoms with Gasteiger partial charge < -0.3 is 10.2 Å². The number of anilines is 1. The highest BCUT2D eigenvalue weighted by atomic mass is 16.2. The first-order valence-electron chi connectivity index (χ1n) is 11.5. The number of carbonyl (C=O) groups is 3. The van der Waals surface area contributed by atoms with E-state index in [2.05, 4.69) is 22.3 Å². The Kier molecular flexibility index (Phi) is 6.70. The molecule has 1 saturated heterocycles. The van der Waals surface area contributed by atoms with Crippen molar-refractivity contribution in [1.29, 1.82) is 0 Å². The van der Waals surface area contributed by atoms with Crippen LogP contribution in [0.2, 0.25) is 0 Å². The second kappa shape index (κ2) is 9.65. The molecule has 6 heteroatoms. The smallest absolute Gasteiger partial charge is 0.261 e. The molecule has 2 aliphatic heterocycles. The zero-order valence-electron chi connectivity index (χ0n) is 18.8. The number of nitrogens with one attached hydrogen (secondary N) is 1. The molecule has 1 fully saturated rings. The summed E-state index contributed by atoms with van der Waals surface area (Å²) in [6.07, 6.45) is 2.91. The predicted octanol–water partition coefficient (Wildman–Crippen LogP) is 4.15. The van der Waals surface area contributed by atoms with Crippen LogP contribution in [0.3, 0.4) is 0 Å². The summed E-state index contributed by atoms with van der Waals surface area (Å²) in [7, 11) is 0. The van der Waals surface area contributed by atoms with Crippen molar-refractivity contribution in [1.82, 2.24) is 9.80 Å². The molecule has 0 aliphatic carbocycles. The fourth-order valence-electron chi connectivity index (χ4n) is 4.54. The van der Waals surface area contributed by atoms with Crippen LogP contribution in [0.1, 0.15) is 65.3 Å². The molecular weight excluding hydrogens is 402 g/mol. The summed E-state index contributed by atoms with van der Waals surface area (Å²) in [5.41, 5.74) is 3.18. The lowest BCUT2D eigenvalue weighted by Gasteiger charge is -2.32. The molecule has 0 atom stereocenters. The van der Waals surface area contributed by atoms with Crippen molar-refractivity contribution in [3.05, 3.63) is 65.2 Å². The van der Waals surface area contributed by atoms with Gasteiger partial charge in [-0.25, -0.2) is 0 Å². The van der Waals surface area contributed by atoms with Crippen molar-refractivity contribution in [2.75, 3.05) is 31.5 Å². The Hall–Kier alpha value is -2.99. The SMILES string of the molecule is CC(C)C(=O)Nc1cccc(C2CCN(CCCN3C(=O)c4ccccc4C3=O)CC2)c1. The molecule has 0 unspecified atom stereocenters. The normalized spacial score (nSPS) is 17.2. The molecule has 2 heterocycles. The van der Waals surface area contributed by atoms with Crippen molar-refractivity contribution in [2.24, 2.45) is 5.92 Å². The maximum atomic E-state index is 12.5. The van der Waals surface area contributed by atoms with E-state index in [9.17, 15) is 14.4 Å². The average molecular weight is 434 g/mol. The molecule has 6 nitrogen and oxygen atoms in total. The van der Waals surface area contributed by atoms with E-state index in [0.29, 0.717) is 23.6 Å². The number of imide groups is 1. The van der Waals surface area contributed by atoms with Crippen LogP contribution in [0.15, 0.2) is 48.5 Å². The molecule has 4 rings (SSSR count). The number of rotatable bonds is 7. The summed E-state index contributed by atoms with van der Waals surface area (Å²) in [5.74, 6) is 0.137. The van der Waals surface area contributed by atoms with Gasteiger partial charge in [-0.05, 0) is 74.6 Å². The van der Waals surface area contributed by atoms with Gasteiger partial charge in [-0.2, -0.15) is 0 Å². The monoisotopic (exact) mass is 433 g/mol. The number of hydrogen-bond acceptors (Lipinski definition) is 4.